The second kappa shape index (κ2) is 5.18. The predicted octanol–water partition coefficient (Wildman–Crippen LogP) is 1.83. The summed E-state index contributed by atoms with van der Waals surface area (Å²) in [4.78, 5) is 10.5. The van der Waals surface area contributed by atoms with Crippen molar-refractivity contribution in [2.45, 2.75) is 23.8 Å². The van der Waals surface area contributed by atoms with Crippen LogP contribution < -0.4 is 0 Å². The largest absolute Gasteiger partial charge is 0.480 e. The zero-order valence-corrected chi connectivity index (χ0v) is 12.1. The van der Waals surface area contributed by atoms with Crippen molar-refractivity contribution in [3.63, 3.8) is 0 Å². The Morgan fingerprint density at radius 1 is 1.47 bits per heavy atom. The maximum Gasteiger partial charge on any atom is 0.322 e. The van der Waals surface area contributed by atoms with Crippen molar-refractivity contribution in [1.29, 1.82) is 0 Å². The highest BCUT2D eigenvalue weighted by Gasteiger charge is 2.40. The summed E-state index contributed by atoms with van der Waals surface area (Å²) >= 11 is 3.04. The molecule has 0 saturated carbocycles. The molecule has 5 nitrogen and oxygen atoms in total. The van der Waals surface area contributed by atoms with E-state index in [1.165, 1.54) is 6.07 Å². The first-order valence-corrected chi connectivity index (χ1v) is 7.77. The fourth-order valence-corrected chi connectivity index (χ4v) is 4.12. The van der Waals surface area contributed by atoms with Crippen molar-refractivity contribution in [1.82, 2.24) is 4.31 Å². The smallest absolute Gasteiger partial charge is 0.322 e. The van der Waals surface area contributed by atoms with E-state index >= 15 is 0 Å². The lowest BCUT2D eigenvalue weighted by molar-refractivity contribution is -0.140. The number of halogens is 2. The molecular formula is C11H11BrFNO4S. The Hall–Kier alpha value is -0.990. The standard InChI is InChI=1S/C11H11BrFNO4S/c12-7-3-4-10(8(13)6-7)19(17,18)14-5-1-2-9(14)11(15)16/h3-4,6,9H,1-2,5H2,(H,15,16). The van der Waals surface area contributed by atoms with Gasteiger partial charge in [-0.15, -0.1) is 0 Å². The summed E-state index contributed by atoms with van der Waals surface area (Å²) in [6.07, 6.45) is 0.695. The molecule has 1 aromatic rings. The van der Waals surface area contributed by atoms with Crippen LogP contribution >= 0.6 is 15.9 Å². The number of sulfonamides is 1. The Morgan fingerprint density at radius 2 is 2.16 bits per heavy atom. The summed E-state index contributed by atoms with van der Waals surface area (Å²) in [7, 11) is -4.12. The summed E-state index contributed by atoms with van der Waals surface area (Å²) in [5, 5.41) is 9.00. The average molecular weight is 352 g/mol. The van der Waals surface area contributed by atoms with Crippen molar-refractivity contribution >= 4 is 31.9 Å². The minimum Gasteiger partial charge on any atom is -0.480 e. The highest BCUT2D eigenvalue weighted by atomic mass is 79.9. The van der Waals surface area contributed by atoms with Crippen molar-refractivity contribution in [2.24, 2.45) is 0 Å². The van der Waals surface area contributed by atoms with Crippen LogP contribution in [0.1, 0.15) is 12.8 Å². The number of rotatable bonds is 3. The zero-order valence-electron chi connectivity index (χ0n) is 9.71. The molecule has 0 aliphatic carbocycles. The summed E-state index contributed by atoms with van der Waals surface area (Å²) in [5.41, 5.74) is 0. The van der Waals surface area contributed by atoms with Gasteiger partial charge in [-0.05, 0) is 31.0 Å². The van der Waals surface area contributed by atoms with Gasteiger partial charge in [-0.3, -0.25) is 4.79 Å². The maximum atomic E-state index is 13.7. The normalized spacial score (nSPS) is 20.6. The molecular weight excluding hydrogens is 341 g/mol. The number of hydrogen-bond acceptors (Lipinski definition) is 3. The molecule has 1 N–H and O–H groups in total. The fraction of sp³-hybridized carbons (Fsp3) is 0.364. The lowest BCUT2D eigenvalue weighted by Crippen LogP contribution is -2.40. The highest BCUT2D eigenvalue weighted by Crippen LogP contribution is 2.28. The van der Waals surface area contributed by atoms with Gasteiger partial charge in [-0.1, -0.05) is 15.9 Å². The van der Waals surface area contributed by atoms with E-state index in [0.29, 0.717) is 10.9 Å². The molecule has 1 aliphatic rings. The summed E-state index contributed by atoms with van der Waals surface area (Å²) in [6, 6.07) is 2.46. The van der Waals surface area contributed by atoms with Crippen LogP contribution in [0, 0.1) is 5.82 Å². The molecule has 19 heavy (non-hydrogen) atoms. The zero-order chi connectivity index (χ0) is 14.2. The molecule has 8 heteroatoms. The lowest BCUT2D eigenvalue weighted by atomic mass is 10.2. The van der Waals surface area contributed by atoms with E-state index in [4.69, 9.17) is 5.11 Å². The predicted molar refractivity (Wildman–Crippen MR) is 68.6 cm³/mol. The molecule has 1 aliphatic heterocycles. The third kappa shape index (κ3) is 2.65. The Morgan fingerprint density at radius 3 is 2.74 bits per heavy atom. The maximum absolute atomic E-state index is 13.7. The Labute approximate surface area is 118 Å². The van der Waals surface area contributed by atoms with Gasteiger partial charge in [-0.2, -0.15) is 4.31 Å². The first-order chi connectivity index (χ1) is 8.84. The van der Waals surface area contributed by atoms with E-state index in [9.17, 15) is 17.6 Å². The van der Waals surface area contributed by atoms with Crippen LogP contribution in [0.5, 0.6) is 0 Å². The molecule has 0 aromatic heterocycles. The second-order valence-corrected chi connectivity index (χ2v) is 6.96. The second-order valence-electron chi connectivity index (χ2n) is 4.19. The minimum atomic E-state index is -4.12. The molecule has 2 rings (SSSR count). The van der Waals surface area contributed by atoms with Crippen LogP contribution in [0.2, 0.25) is 0 Å². The first-order valence-electron chi connectivity index (χ1n) is 5.54. The quantitative estimate of drug-likeness (QED) is 0.901. The summed E-state index contributed by atoms with van der Waals surface area (Å²) in [5.74, 6) is -2.11. The van der Waals surface area contributed by atoms with Gasteiger partial charge in [0.1, 0.15) is 16.8 Å². The van der Waals surface area contributed by atoms with Crippen molar-refractivity contribution < 1.29 is 22.7 Å². The van der Waals surface area contributed by atoms with Crippen LogP contribution in [-0.4, -0.2) is 36.4 Å². The van der Waals surface area contributed by atoms with E-state index in [1.807, 2.05) is 0 Å². The van der Waals surface area contributed by atoms with Crippen LogP contribution in [0.4, 0.5) is 4.39 Å². The number of aliphatic carboxylic acids is 1. The van der Waals surface area contributed by atoms with Gasteiger partial charge in [0.05, 0.1) is 0 Å². The van der Waals surface area contributed by atoms with Gasteiger partial charge < -0.3 is 5.11 Å². The third-order valence-corrected chi connectivity index (χ3v) is 5.40. The Bertz CT molecular complexity index is 619. The van der Waals surface area contributed by atoms with Crippen molar-refractivity contribution in [2.75, 3.05) is 6.54 Å². The lowest BCUT2D eigenvalue weighted by Gasteiger charge is -2.21. The molecule has 1 saturated heterocycles. The number of nitrogens with zero attached hydrogens (tertiary/aromatic N) is 1. The third-order valence-electron chi connectivity index (χ3n) is 2.97. The average Bonchev–Trinajstić information content (AvgIpc) is 2.77. The minimum absolute atomic E-state index is 0.0921. The Balaban J connectivity index is 2.45. The van der Waals surface area contributed by atoms with Crippen LogP contribution in [0.3, 0.4) is 0 Å². The van der Waals surface area contributed by atoms with Gasteiger partial charge in [0.15, 0.2) is 0 Å². The van der Waals surface area contributed by atoms with Crippen LogP contribution in [0.15, 0.2) is 27.6 Å². The summed E-state index contributed by atoms with van der Waals surface area (Å²) in [6.45, 7) is 0.0921. The van der Waals surface area contributed by atoms with Gasteiger partial charge in [0, 0.05) is 11.0 Å². The van der Waals surface area contributed by atoms with Gasteiger partial charge in [0.2, 0.25) is 10.0 Å². The number of hydrogen-bond donors (Lipinski definition) is 1. The van der Waals surface area contributed by atoms with Gasteiger partial charge >= 0.3 is 5.97 Å². The van der Waals surface area contributed by atoms with E-state index in [-0.39, 0.29) is 13.0 Å². The molecule has 1 heterocycles. The molecule has 1 unspecified atom stereocenters. The Kier molecular flexibility index (Phi) is 3.93. The van der Waals surface area contributed by atoms with E-state index in [0.717, 1.165) is 16.4 Å². The van der Waals surface area contributed by atoms with E-state index < -0.39 is 32.7 Å². The molecule has 1 aromatic carbocycles. The van der Waals surface area contributed by atoms with E-state index in [1.54, 1.807) is 0 Å². The monoisotopic (exact) mass is 351 g/mol. The van der Waals surface area contributed by atoms with Gasteiger partial charge in [-0.25, -0.2) is 12.8 Å². The van der Waals surface area contributed by atoms with Crippen LogP contribution in [0.25, 0.3) is 0 Å². The number of carboxylic acids is 1. The first kappa shape index (κ1) is 14.4. The summed E-state index contributed by atoms with van der Waals surface area (Å²) < 4.78 is 39.6. The molecule has 104 valence electrons. The van der Waals surface area contributed by atoms with E-state index in [2.05, 4.69) is 15.9 Å². The molecule has 0 amide bonds. The number of carbonyl (C=O) groups is 1. The molecule has 0 bridgehead atoms. The SMILES string of the molecule is O=C(O)C1CCCN1S(=O)(=O)c1ccc(Br)cc1F. The molecule has 0 spiro atoms. The molecule has 0 radical (unpaired) electrons. The fourth-order valence-electron chi connectivity index (χ4n) is 2.09. The van der Waals surface area contributed by atoms with Crippen molar-refractivity contribution in [3.8, 4) is 0 Å². The van der Waals surface area contributed by atoms with Crippen LogP contribution in [-0.2, 0) is 14.8 Å². The number of carboxylic acid groups (broad SMARTS) is 1. The topological polar surface area (TPSA) is 74.7 Å². The van der Waals surface area contributed by atoms with Gasteiger partial charge in [0.25, 0.3) is 0 Å². The molecule has 1 fully saturated rings. The molecule has 1 atom stereocenters. The van der Waals surface area contributed by atoms with Crippen molar-refractivity contribution in [3.05, 3.63) is 28.5 Å². The highest BCUT2D eigenvalue weighted by molar-refractivity contribution is 9.10. The number of benzene rings is 1.